The van der Waals surface area contributed by atoms with Crippen molar-refractivity contribution in [3.63, 3.8) is 0 Å². The molecule has 0 bridgehead atoms. The fraction of sp³-hybridized carbons (Fsp3) is 0.351. The van der Waals surface area contributed by atoms with Crippen LogP contribution in [0, 0.1) is 0 Å². The second kappa shape index (κ2) is 18.1. The second-order valence-electron chi connectivity index (χ2n) is 10.9. The summed E-state index contributed by atoms with van der Waals surface area (Å²) in [4.78, 5) is 0. The van der Waals surface area contributed by atoms with Gasteiger partial charge in [0.1, 0.15) is 30.5 Å². The van der Waals surface area contributed by atoms with Crippen LogP contribution in [0.2, 0.25) is 0 Å². The van der Waals surface area contributed by atoms with Gasteiger partial charge in [0.25, 0.3) is 0 Å². The first-order valence-electron chi connectivity index (χ1n) is 15.3. The van der Waals surface area contributed by atoms with Crippen LogP contribution in [0.4, 0.5) is 0 Å². The van der Waals surface area contributed by atoms with Crippen molar-refractivity contribution in [1.29, 1.82) is 0 Å². The number of benzene rings is 4. The van der Waals surface area contributed by atoms with E-state index in [1.165, 1.54) is 0 Å². The molecule has 0 radical (unpaired) electrons. The highest BCUT2D eigenvalue weighted by molar-refractivity contribution is 6.17. The summed E-state index contributed by atoms with van der Waals surface area (Å²) in [6.07, 6.45) is -5.23. The molecule has 4 aromatic rings. The van der Waals surface area contributed by atoms with Gasteiger partial charge in [0.15, 0.2) is 6.29 Å². The van der Waals surface area contributed by atoms with Crippen LogP contribution in [0.1, 0.15) is 22.3 Å². The summed E-state index contributed by atoms with van der Waals surface area (Å²) < 4.78 is 38.4. The summed E-state index contributed by atoms with van der Waals surface area (Å²) in [6, 6.07) is 39.5. The number of hydrogen-bond donors (Lipinski definition) is 1. The van der Waals surface area contributed by atoms with E-state index in [2.05, 4.69) is 0 Å². The Morgan fingerprint density at radius 1 is 0.533 bits per heavy atom. The van der Waals surface area contributed by atoms with Gasteiger partial charge in [-0.05, 0) is 22.3 Å². The van der Waals surface area contributed by atoms with E-state index in [1.807, 2.05) is 121 Å². The Kier molecular flexibility index (Phi) is 13.4. The number of halogens is 1. The number of hydrogen-bond acceptors (Lipinski definition) is 7. The van der Waals surface area contributed by atoms with Crippen molar-refractivity contribution >= 4 is 11.6 Å². The molecule has 1 fully saturated rings. The van der Waals surface area contributed by atoms with Gasteiger partial charge < -0.3 is 33.5 Å². The van der Waals surface area contributed by atoms with Crippen LogP contribution in [0.5, 0.6) is 0 Å². The lowest BCUT2D eigenvalue weighted by molar-refractivity contribution is -0.239. The predicted octanol–water partition coefficient (Wildman–Crippen LogP) is 6.30. The van der Waals surface area contributed by atoms with Crippen LogP contribution in [-0.4, -0.2) is 61.0 Å². The minimum atomic E-state index is -1.21. The van der Waals surface area contributed by atoms with Gasteiger partial charge in [-0.25, -0.2) is 0 Å². The van der Waals surface area contributed by atoms with E-state index >= 15 is 0 Å². The molecule has 5 rings (SSSR count). The molecular weight excluding hydrogens is 592 g/mol. The van der Waals surface area contributed by atoms with Crippen molar-refractivity contribution in [1.82, 2.24) is 0 Å². The molecule has 1 N–H and O–H groups in total. The molecule has 1 heterocycles. The van der Waals surface area contributed by atoms with Crippen molar-refractivity contribution in [3.8, 4) is 0 Å². The molecule has 0 aromatic heterocycles. The molecule has 6 atom stereocenters. The average molecular weight is 633 g/mol. The first-order chi connectivity index (χ1) is 22.2. The number of ether oxygens (including phenoxy) is 6. The zero-order valence-electron chi connectivity index (χ0n) is 25.2. The third-order valence-corrected chi connectivity index (χ3v) is 7.70. The molecule has 0 unspecified atom stereocenters. The highest BCUT2D eigenvalue weighted by Gasteiger charge is 2.49. The number of aliphatic hydroxyl groups is 1. The van der Waals surface area contributed by atoms with Crippen LogP contribution in [0.25, 0.3) is 0 Å². The van der Waals surface area contributed by atoms with Crippen molar-refractivity contribution in [3.05, 3.63) is 144 Å². The Balaban J connectivity index is 1.46. The van der Waals surface area contributed by atoms with Gasteiger partial charge in [-0.1, -0.05) is 121 Å². The lowest BCUT2D eigenvalue weighted by Gasteiger charge is -2.35. The third-order valence-electron chi connectivity index (χ3n) is 7.55. The zero-order chi connectivity index (χ0) is 31.1. The first kappa shape index (κ1) is 33.3. The molecular formula is C37H41ClO7. The summed E-state index contributed by atoms with van der Waals surface area (Å²) in [7, 11) is 0. The molecule has 1 saturated heterocycles. The van der Waals surface area contributed by atoms with E-state index in [0.717, 1.165) is 22.3 Å². The van der Waals surface area contributed by atoms with E-state index < -0.39 is 36.8 Å². The average Bonchev–Trinajstić information content (AvgIpc) is 3.19. The van der Waals surface area contributed by atoms with Crippen molar-refractivity contribution in [2.45, 2.75) is 63.2 Å². The Hall–Kier alpha value is -3.11. The molecule has 0 saturated carbocycles. The minimum absolute atomic E-state index is 0.165. The van der Waals surface area contributed by atoms with Crippen molar-refractivity contribution in [2.75, 3.05) is 19.1 Å². The van der Waals surface area contributed by atoms with E-state index in [-0.39, 0.29) is 32.3 Å². The highest BCUT2D eigenvalue weighted by atomic mass is 35.5. The molecule has 45 heavy (non-hydrogen) atoms. The summed E-state index contributed by atoms with van der Waals surface area (Å²) in [5.41, 5.74) is 3.96. The minimum Gasteiger partial charge on any atom is -0.385 e. The lowest BCUT2D eigenvalue weighted by Crippen LogP contribution is -2.51. The molecule has 7 nitrogen and oxygen atoms in total. The molecule has 0 spiro atoms. The number of aliphatic hydroxyl groups excluding tert-OH is 1. The van der Waals surface area contributed by atoms with Crippen LogP contribution < -0.4 is 0 Å². The first-order valence-corrected chi connectivity index (χ1v) is 15.8. The van der Waals surface area contributed by atoms with Crippen LogP contribution in [-0.2, 0) is 54.8 Å². The molecule has 1 aliphatic rings. The van der Waals surface area contributed by atoms with E-state index in [9.17, 15) is 5.11 Å². The molecule has 0 aliphatic carbocycles. The van der Waals surface area contributed by atoms with E-state index in [1.54, 1.807) is 0 Å². The number of alkyl halides is 1. The Labute approximate surface area is 270 Å². The van der Waals surface area contributed by atoms with Gasteiger partial charge in [0, 0.05) is 5.88 Å². The Bertz CT molecular complexity index is 1350. The SMILES string of the molecule is O[C@@H]1[C@@H](OCCCl)O[C@H](COCc2ccccc2)[C@@H](OCc2ccccc2)[C@H](OCc2ccccc2)[C@H]1OCc1ccccc1. The maximum absolute atomic E-state index is 11.8. The quantitative estimate of drug-likeness (QED) is 0.145. The Morgan fingerprint density at radius 3 is 1.42 bits per heavy atom. The van der Waals surface area contributed by atoms with Gasteiger partial charge in [-0.15, -0.1) is 11.6 Å². The van der Waals surface area contributed by atoms with Gasteiger partial charge in [-0.3, -0.25) is 0 Å². The van der Waals surface area contributed by atoms with Crippen LogP contribution in [0.15, 0.2) is 121 Å². The Morgan fingerprint density at radius 2 is 0.956 bits per heavy atom. The van der Waals surface area contributed by atoms with Gasteiger partial charge in [0.2, 0.25) is 0 Å². The molecule has 1 aliphatic heterocycles. The fourth-order valence-electron chi connectivity index (χ4n) is 5.26. The fourth-order valence-corrected chi connectivity index (χ4v) is 5.35. The maximum Gasteiger partial charge on any atom is 0.186 e. The topological polar surface area (TPSA) is 75.6 Å². The smallest absolute Gasteiger partial charge is 0.186 e. The molecule has 4 aromatic carbocycles. The summed E-state index contributed by atoms with van der Waals surface area (Å²) in [6.45, 7) is 1.54. The maximum atomic E-state index is 11.8. The predicted molar refractivity (Wildman–Crippen MR) is 172 cm³/mol. The van der Waals surface area contributed by atoms with Crippen molar-refractivity contribution in [2.24, 2.45) is 0 Å². The standard InChI is InChI=1S/C37H41ClO7/c38-21-22-41-37-33(39)35(43-25-30-17-9-3-10-18-30)36(44-26-31-19-11-4-12-20-31)34(42-24-29-15-7-2-8-16-29)32(45-37)27-40-23-28-13-5-1-6-14-28/h1-20,32-37,39H,21-27H2/t32-,33+,34-,35+,36+,37+/m1/s1. The summed E-state index contributed by atoms with van der Waals surface area (Å²) in [5, 5.41) is 11.8. The van der Waals surface area contributed by atoms with Crippen LogP contribution >= 0.6 is 11.6 Å². The van der Waals surface area contributed by atoms with Gasteiger partial charge in [-0.2, -0.15) is 0 Å². The largest absolute Gasteiger partial charge is 0.385 e. The molecule has 0 amide bonds. The van der Waals surface area contributed by atoms with Crippen LogP contribution in [0.3, 0.4) is 0 Å². The molecule has 238 valence electrons. The van der Waals surface area contributed by atoms with Gasteiger partial charge in [0.05, 0.1) is 39.6 Å². The molecule has 8 heteroatoms. The summed E-state index contributed by atoms with van der Waals surface area (Å²) >= 11 is 6.00. The van der Waals surface area contributed by atoms with Crippen molar-refractivity contribution < 1.29 is 33.5 Å². The monoisotopic (exact) mass is 632 g/mol. The summed E-state index contributed by atoms with van der Waals surface area (Å²) in [5.74, 6) is 0.235. The van der Waals surface area contributed by atoms with E-state index in [4.69, 9.17) is 40.0 Å². The second-order valence-corrected chi connectivity index (χ2v) is 11.3. The van der Waals surface area contributed by atoms with Gasteiger partial charge >= 0.3 is 0 Å². The lowest BCUT2D eigenvalue weighted by atomic mass is 9.99. The van der Waals surface area contributed by atoms with E-state index in [0.29, 0.717) is 13.2 Å². The third kappa shape index (κ3) is 10.2. The number of rotatable bonds is 16. The normalized spacial score (nSPS) is 23.4. The highest BCUT2D eigenvalue weighted by Crippen LogP contribution is 2.31. The zero-order valence-corrected chi connectivity index (χ0v) is 26.0.